The summed E-state index contributed by atoms with van der Waals surface area (Å²) >= 11 is 3.51. The van der Waals surface area contributed by atoms with Crippen LogP contribution in [0.15, 0.2) is 22.7 Å². The van der Waals surface area contributed by atoms with Gasteiger partial charge in [0, 0.05) is 24.1 Å². The van der Waals surface area contributed by atoms with Crippen LogP contribution >= 0.6 is 15.9 Å². The van der Waals surface area contributed by atoms with E-state index < -0.39 is 0 Å². The molecule has 3 nitrogen and oxygen atoms in total. The van der Waals surface area contributed by atoms with Gasteiger partial charge in [-0.3, -0.25) is 0 Å². The van der Waals surface area contributed by atoms with E-state index in [4.69, 9.17) is 5.73 Å². The van der Waals surface area contributed by atoms with E-state index in [1.54, 1.807) is 0 Å². The van der Waals surface area contributed by atoms with Crippen molar-refractivity contribution in [2.24, 2.45) is 5.73 Å². The van der Waals surface area contributed by atoms with Crippen molar-refractivity contribution >= 4 is 27.3 Å². The molecule has 0 aromatic heterocycles. The highest BCUT2D eigenvalue weighted by molar-refractivity contribution is 9.10. The number of anilines is 2. The number of benzene rings is 1. The highest BCUT2D eigenvalue weighted by atomic mass is 79.9. The number of fused-ring (bicyclic) bond motifs is 1. The summed E-state index contributed by atoms with van der Waals surface area (Å²) in [5, 5.41) is 3.40. The molecule has 0 saturated heterocycles. The Morgan fingerprint density at radius 2 is 2.33 bits per heavy atom. The Morgan fingerprint density at radius 1 is 1.47 bits per heavy atom. The predicted molar refractivity (Wildman–Crippen MR) is 68.5 cm³/mol. The van der Waals surface area contributed by atoms with Gasteiger partial charge in [0.1, 0.15) is 0 Å². The third-order valence-corrected chi connectivity index (χ3v) is 3.12. The topological polar surface area (TPSA) is 41.3 Å². The Kier molecular flexibility index (Phi) is 3.49. The maximum atomic E-state index is 5.54. The normalized spacial score (nSPS) is 14.7. The van der Waals surface area contributed by atoms with Gasteiger partial charge in [0.05, 0.1) is 11.4 Å². The van der Waals surface area contributed by atoms with Crippen LogP contribution in [0.2, 0.25) is 0 Å². The molecule has 1 aliphatic heterocycles. The van der Waals surface area contributed by atoms with Crippen LogP contribution in [0.25, 0.3) is 0 Å². The average molecular weight is 270 g/mol. The van der Waals surface area contributed by atoms with Crippen molar-refractivity contribution in [2.45, 2.75) is 6.42 Å². The smallest absolute Gasteiger partial charge is 0.0613 e. The van der Waals surface area contributed by atoms with Gasteiger partial charge in [-0.2, -0.15) is 0 Å². The van der Waals surface area contributed by atoms with E-state index in [0.29, 0.717) is 0 Å². The Morgan fingerprint density at radius 3 is 3.13 bits per heavy atom. The number of nitrogens with zero attached hydrogens (tertiary/aromatic N) is 1. The van der Waals surface area contributed by atoms with Gasteiger partial charge in [0.2, 0.25) is 0 Å². The minimum absolute atomic E-state index is 0.757. The zero-order valence-corrected chi connectivity index (χ0v) is 10.3. The Hall–Kier alpha value is -0.740. The monoisotopic (exact) mass is 269 g/mol. The fourth-order valence-corrected chi connectivity index (χ4v) is 2.23. The van der Waals surface area contributed by atoms with Gasteiger partial charge >= 0.3 is 0 Å². The zero-order valence-electron chi connectivity index (χ0n) is 8.67. The van der Waals surface area contributed by atoms with Crippen LogP contribution in [0.3, 0.4) is 0 Å². The molecule has 2 rings (SSSR count). The lowest BCUT2D eigenvalue weighted by atomic mass is 10.2. The molecule has 1 aliphatic rings. The SMILES string of the molecule is NCCCN1CCNc2ccc(Br)cc21. The van der Waals surface area contributed by atoms with E-state index in [-0.39, 0.29) is 0 Å². The third-order valence-electron chi connectivity index (χ3n) is 2.63. The summed E-state index contributed by atoms with van der Waals surface area (Å²) in [6.07, 6.45) is 1.05. The van der Waals surface area contributed by atoms with Crippen molar-refractivity contribution in [1.29, 1.82) is 0 Å². The second-order valence-electron chi connectivity index (χ2n) is 3.72. The molecule has 0 aliphatic carbocycles. The van der Waals surface area contributed by atoms with Gasteiger partial charge < -0.3 is 16.0 Å². The fourth-order valence-electron chi connectivity index (χ4n) is 1.88. The Bertz CT molecular complexity index is 341. The summed E-state index contributed by atoms with van der Waals surface area (Å²) in [5.74, 6) is 0. The molecule has 15 heavy (non-hydrogen) atoms. The van der Waals surface area contributed by atoms with E-state index >= 15 is 0 Å². The molecule has 1 aromatic rings. The molecular formula is C11H16BrN3. The number of rotatable bonds is 3. The molecule has 1 heterocycles. The van der Waals surface area contributed by atoms with E-state index in [1.165, 1.54) is 11.4 Å². The summed E-state index contributed by atoms with van der Waals surface area (Å²) in [6, 6.07) is 6.35. The summed E-state index contributed by atoms with van der Waals surface area (Å²) in [6.45, 7) is 3.87. The fraction of sp³-hybridized carbons (Fsp3) is 0.455. The van der Waals surface area contributed by atoms with Crippen molar-refractivity contribution < 1.29 is 0 Å². The lowest BCUT2D eigenvalue weighted by Gasteiger charge is -2.32. The molecule has 82 valence electrons. The molecule has 4 heteroatoms. The molecule has 0 amide bonds. The molecule has 1 aromatic carbocycles. The first-order valence-corrected chi connectivity index (χ1v) is 6.09. The van der Waals surface area contributed by atoms with Gasteiger partial charge in [-0.05, 0) is 31.2 Å². The largest absolute Gasteiger partial charge is 0.382 e. The standard InChI is InChI=1S/C11H16BrN3/c12-9-2-3-10-11(8-9)15(6-1-4-13)7-5-14-10/h2-3,8,14H,1,4-7,13H2. The first-order valence-electron chi connectivity index (χ1n) is 5.29. The molecule has 0 spiro atoms. The summed E-state index contributed by atoms with van der Waals surface area (Å²) in [4.78, 5) is 2.39. The first kappa shape index (κ1) is 10.8. The molecule has 0 atom stereocenters. The maximum absolute atomic E-state index is 5.54. The molecule has 0 unspecified atom stereocenters. The van der Waals surface area contributed by atoms with Crippen LogP contribution in [-0.2, 0) is 0 Å². The van der Waals surface area contributed by atoms with Crippen molar-refractivity contribution in [2.75, 3.05) is 36.4 Å². The number of hydrogen-bond acceptors (Lipinski definition) is 3. The second-order valence-corrected chi connectivity index (χ2v) is 4.63. The minimum atomic E-state index is 0.757. The number of nitrogens with two attached hydrogens (primary N) is 1. The van der Waals surface area contributed by atoms with E-state index in [9.17, 15) is 0 Å². The van der Waals surface area contributed by atoms with Crippen molar-refractivity contribution in [3.05, 3.63) is 22.7 Å². The predicted octanol–water partition coefficient (Wildman–Crippen LogP) is 2.03. The van der Waals surface area contributed by atoms with E-state index in [2.05, 4.69) is 44.3 Å². The molecule has 0 radical (unpaired) electrons. The van der Waals surface area contributed by atoms with Gasteiger partial charge in [-0.25, -0.2) is 0 Å². The van der Waals surface area contributed by atoms with Crippen molar-refractivity contribution in [1.82, 2.24) is 0 Å². The molecule has 3 N–H and O–H groups in total. The van der Waals surface area contributed by atoms with Gasteiger partial charge in [0.15, 0.2) is 0 Å². The molecular weight excluding hydrogens is 254 g/mol. The highest BCUT2D eigenvalue weighted by Gasteiger charge is 2.15. The highest BCUT2D eigenvalue weighted by Crippen LogP contribution is 2.31. The first-order chi connectivity index (χ1) is 7.31. The number of hydrogen-bond donors (Lipinski definition) is 2. The second kappa shape index (κ2) is 4.86. The van der Waals surface area contributed by atoms with Crippen molar-refractivity contribution in [3.8, 4) is 0 Å². The molecule has 0 saturated carbocycles. The summed E-state index contributed by atoms with van der Waals surface area (Å²) in [7, 11) is 0. The zero-order chi connectivity index (χ0) is 10.7. The minimum Gasteiger partial charge on any atom is -0.382 e. The lowest BCUT2D eigenvalue weighted by Crippen LogP contribution is -2.35. The van der Waals surface area contributed by atoms with Crippen molar-refractivity contribution in [3.63, 3.8) is 0 Å². The van der Waals surface area contributed by atoms with E-state index in [0.717, 1.165) is 37.1 Å². The van der Waals surface area contributed by atoms with Crippen LogP contribution < -0.4 is 16.0 Å². The Labute approximate surface area is 98.8 Å². The van der Waals surface area contributed by atoms with Crippen LogP contribution in [-0.4, -0.2) is 26.2 Å². The summed E-state index contributed by atoms with van der Waals surface area (Å²) in [5.41, 5.74) is 8.05. The average Bonchev–Trinajstić information content (AvgIpc) is 2.26. The van der Waals surface area contributed by atoms with Gasteiger partial charge in [-0.15, -0.1) is 0 Å². The third kappa shape index (κ3) is 2.44. The number of nitrogens with one attached hydrogen (secondary N) is 1. The van der Waals surface area contributed by atoms with Gasteiger partial charge in [-0.1, -0.05) is 15.9 Å². The van der Waals surface area contributed by atoms with Crippen LogP contribution in [0.4, 0.5) is 11.4 Å². The van der Waals surface area contributed by atoms with Crippen LogP contribution in [0, 0.1) is 0 Å². The number of halogens is 1. The van der Waals surface area contributed by atoms with Crippen LogP contribution in [0.5, 0.6) is 0 Å². The van der Waals surface area contributed by atoms with E-state index in [1.807, 2.05) is 0 Å². The lowest BCUT2D eigenvalue weighted by molar-refractivity contribution is 0.731. The molecule has 0 bridgehead atoms. The van der Waals surface area contributed by atoms with Gasteiger partial charge in [0.25, 0.3) is 0 Å². The Balaban J connectivity index is 2.20. The quantitative estimate of drug-likeness (QED) is 0.883. The summed E-state index contributed by atoms with van der Waals surface area (Å²) < 4.78 is 1.13. The van der Waals surface area contributed by atoms with Crippen LogP contribution in [0.1, 0.15) is 6.42 Å². The molecule has 0 fully saturated rings. The maximum Gasteiger partial charge on any atom is 0.0613 e.